The highest BCUT2D eigenvalue weighted by Gasteiger charge is 2.25. The van der Waals surface area contributed by atoms with E-state index in [0.717, 1.165) is 32.7 Å². The monoisotopic (exact) mass is 428 g/mol. The standard InChI is InChI=1S/C21H28N6O2S/c1-3-26(4-2)30(28,29)19-10-11-20-22-23-21(27(20)17-19)25-14-12-24(13-15-25)16-18-8-6-5-7-9-18/h5-11,17H,3-4,12-16H2,1-2H3. The van der Waals surface area contributed by atoms with Gasteiger partial charge in [0.05, 0.1) is 4.90 Å². The van der Waals surface area contributed by atoms with Crippen molar-refractivity contribution < 1.29 is 8.42 Å². The van der Waals surface area contributed by atoms with Crippen molar-refractivity contribution in [1.29, 1.82) is 0 Å². The molecule has 1 saturated heterocycles. The molecule has 0 spiro atoms. The predicted octanol–water partition coefficient (Wildman–Crippen LogP) is 2.08. The Kier molecular flexibility index (Phi) is 6.03. The molecule has 1 aliphatic heterocycles. The molecular weight excluding hydrogens is 400 g/mol. The van der Waals surface area contributed by atoms with Crippen LogP contribution in [0.2, 0.25) is 0 Å². The molecule has 4 rings (SSSR count). The molecule has 0 bridgehead atoms. The maximum Gasteiger partial charge on any atom is 0.244 e. The van der Waals surface area contributed by atoms with Gasteiger partial charge in [-0.25, -0.2) is 8.42 Å². The van der Waals surface area contributed by atoms with Crippen LogP contribution >= 0.6 is 0 Å². The average Bonchev–Trinajstić information content (AvgIpc) is 3.19. The van der Waals surface area contributed by atoms with Crippen LogP contribution in [-0.2, 0) is 16.6 Å². The van der Waals surface area contributed by atoms with Gasteiger partial charge < -0.3 is 4.90 Å². The zero-order chi connectivity index (χ0) is 21.1. The molecule has 3 aromatic rings. The summed E-state index contributed by atoms with van der Waals surface area (Å²) in [6, 6.07) is 13.8. The van der Waals surface area contributed by atoms with Gasteiger partial charge in [-0.2, -0.15) is 4.31 Å². The maximum absolute atomic E-state index is 12.9. The van der Waals surface area contributed by atoms with Crippen molar-refractivity contribution in [3.8, 4) is 0 Å². The molecule has 0 unspecified atom stereocenters. The smallest absolute Gasteiger partial charge is 0.244 e. The number of benzene rings is 1. The third-order valence-electron chi connectivity index (χ3n) is 5.60. The largest absolute Gasteiger partial charge is 0.338 e. The minimum absolute atomic E-state index is 0.266. The lowest BCUT2D eigenvalue weighted by Crippen LogP contribution is -2.46. The molecule has 0 aliphatic carbocycles. The number of hydrogen-bond acceptors (Lipinski definition) is 6. The quantitative estimate of drug-likeness (QED) is 0.574. The lowest BCUT2D eigenvalue weighted by atomic mass is 10.2. The van der Waals surface area contributed by atoms with Crippen LogP contribution in [0.25, 0.3) is 5.65 Å². The van der Waals surface area contributed by atoms with E-state index in [1.165, 1.54) is 9.87 Å². The number of aromatic nitrogens is 3. The van der Waals surface area contributed by atoms with Gasteiger partial charge in [0, 0.05) is 52.0 Å². The Hall–Kier alpha value is -2.49. The summed E-state index contributed by atoms with van der Waals surface area (Å²) in [5.74, 6) is 0.695. The molecule has 0 saturated carbocycles. The molecule has 30 heavy (non-hydrogen) atoms. The van der Waals surface area contributed by atoms with Crippen molar-refractivity contribution in [3.63, 3.8) is 0 Å². The van der Waals surface area contributed by atoms with E-state index in [4.69, 9.17) is 0 Å². The van der Waals surface area contributed by atoms with Gasteiger partial charge in [0.2, 0.25) is 16.0 Å². The van der Waals surface area contributed by atoms with Crippen LogP contribution in [0.1, 0.15) is 19.4 Å². The first-order valence-electron chi connectivity index (χ1n) is 10.4. The summed E-state index contributed by atoms with van der Waals surface area (Å²) in [6.07, 6.45) is 1.65. The number of hydrogen-bond donors (Lipinski definition) is 0. The van der Waals surface area contributed by atoms with Crippen molar-refractivity contribution in [2.75, 3.05) is 44.2 Å². The van der Waals surface area contributed by atoms with Crippen molar-refractivity contribution in [2.24, 2.45) is 0 Å². The second-order valence-electron chi connectivity index (χ2n) is 7.43. The fourth-order valence-corrected chi connectivity index (χ4v) is 5.34. The van der Waals surface area contributed by atoms with E-state index in [1.54, 1.807) is 22.7 Å². The van der Waals surface area contributed by atoms with Crippen LogP contribution < -0.4 is 4.90 Å². The Labute approximate surface area is 177 Å². The number of pyridine rings is 1. The summed E-state index contributed by atoms with van der Waals surface area (Å²) in [4.78, 5) is 4.86. The van der Waals surface area contributed by atoms with Crippen LogP contribution in [0.15, 0.2) is 53.6 Å². The number of sulfonamides is 1. The molecule has 0 amide bonds. The van der Waals surface area contributed by atoms with Crippen LogP contribution in [0.3, 0.4) is 0 Å². The highest BCUT2D eigenvalue weighted by atomic mass is 32.2. The van der Waals surface area contributed by atoms with Gasteiger partial charge in [0.25, 0.3) is 0 Å². The molecule has 1 aliphatic rings. The Morgan fingerprint density at radius 2 is 1.63 bits per heavy atom. The van der Waals surface area contributed by atoms with Gasteiger partial charge in [-0.1, -0.05) is 44.2 Å². The van der Waals surface area contributed by atoms with E-state index < -0.39 is 10.0 Å². The van der Waals surface area contributed by atoms with Crippen LogP contribution in [0.4, 0.5) is 5.95 Å². The average molecular weight is 429 g/mol. The molecule has 0 atom stereocenters. The lowest BCUT2D eigenvalue weighted by Gasteiger charge is -2.34. The van der Waals surface area contributed by atoms with Crippen LogP contribution in [0, 0.1) is 0 Å². The van der Waals surface area contributed by atoms with E-state index in [1.807, 2.05) is 19.9 Å². The van der Waals surface area contributed by atoms with Crippen molar-refractivity contribution >= 4 is 21.6 Å². The summed E-state index contributed by atoms with van der Waals surface area (Å²) >= 11 is 0. The fourth-order valence-electron chi connectivity index (χ4n) is 3.89. The number of fused-ring (bicyclic) bond motifs is 1. The molecule has 1 aromatic carbocycles. The van der Waals surface area contributed by atoms with E-state index in [0.29, 0.717) is 24.7 Å². The van der Waals surface area contributed by atoms with Gasteiger partial charge in [-0.05, 0) is 17.7 Å². The number of anilines is 1. The van der Waals surface area contributed by atoms with Crippen molar-refractivity contribution in [2.45, 2.75) is 25.3 Å². The van der Waals surface area contributed by atoms with Crippen molar-refractivity contribution in [3.05, 3.63) is 54.2 Å². The Bertz CT molecular complexity index is 1090. The summed E-state index contributed by atoms with van der Waals surface area (Å²) in [6.45, 7) is 8.98. The van der Waals surface area contributed by atoms with Crippen LogP contribution in [0.5, 0.6) is 0 Å². The molecule has 160 valence electrons. The third-order valence-corrected chi connectivity index (χ3v) is 7.64. The second-order valence-corrected chi connectivity index (χ2v) is 9.37. The number of nitrogens with zero attached hydrogens (tertiary/aromatic N) is 6. The topological polar surface area (TPSA) is 74.0 Å². The minimum Gasteiger partial charge on any atom is -0.338 e. The fraction of sp³-hybridized carbons (Fsp3) is 0.429. The molecule has 8 nitrogen and oxygen atoms in total. The molecule has 3 heterocycles. The summed E-state index contributed by atoms with van der Waals surface area (Å²) in [5, 5.41) is 8.59. The van der Waals surface area contributed by atoms with Gasteiger partial charge in [0.1, 0.15) is 0 Å². The molecule has 0 radical (unpaired) electrons. The third kappa shape index (κ3) is 4.05. The molecule has 1 fully saturated rings. The van der Waals surface area contributed by atoms with E-state index in [9.17, 15) is 8.42 Å². The summed E-state index contributed by atoms with van der Waals surface area (Å²) in [7, 11) is -3.53. The first-order chi connectivity index (χ1) is 14.5. The second kappa shape index (κ2) is 8.71. The van der Waals surface area contributed by atoms with E-state index >= 15 is 0 Å². The summed E-state index contributed by atoms with van der Waals surface area (Å²) < 4.78 is 29.1. The Balaban J connectivity index is 1.52. The van der Waals surface area contributed by atoms with Gasteiger partial charge >= 0.3 is 0 Å². The Morgan fingerprint density at radius 1 is 0.933 bits per heavy atom. The first-order valence-corrected chi connectivity index (χ1v) is 11.8. The molecular formula is C21H28N6O2S. The van der Waals surface area contributed by atoms with E-state index in [-0.39, 0.29) is 4.90 Å². The zero-order valence-electron chi connectivity index (χ0n) is 17.5. The minimum atomic E-state index is -3.53. The van der Waals surface area contributed by atoms with Crippen molar-refractivity contribution in [1.82, 2.24) is 23.8 Å². The highest BCUT2D eigenvalue weighted by Crippen LogP contribution is 2.21. The van der Waals surface area contributed by atoms with Crippen LogP contribution in [-0.4, -0.2) is 71.5 Å². The Morgan fingerprint density at radius 3 is 2.30 bits per heavy atom. The molecule has 9 heteroatoms. The van der Waals surface area contributed by atoms with E-state index in [2.05, 4.69) is 44.3 Å². The van der Waals surface area contributed by atoms with Gasteiger partial charge in [0.15, 0.2) is 5.65 Å². The lowest BCUT2D eigenvalue weighted by molar-refractivity contribution is 0.248. The first kappa shape index (κ1) is 20.8. The number of rotatable bonds is 7. The molecule has 2 aromatic heterocycles. The SMILES string of the molecule is CCN(CC)S(=O)(=O)c1ccc2nnc(N3CCN(Cc4ccccc4)CC3)n2c1. The predicted molar refractivity (Wildman–Crippen MR) is 117 cm³/mol. The zero-order valence-corrected chi connectivity index (χ0v) is 18.3. The summed E-state index contributed by atoms with van der Waals surface area (Å²) in [5.41, 5.74) is 1.96. The van der Waals surface area contributed by atoms with Gasteiger partial charge in [-0.3, -0.25) is 9.30 Å². The maximum atomic E-state index is 12.9. The molecule has 0 N–H and O–H groups in total. The normalized spacial score (nSPS) is 15.9. The number of piperazine rings is 1. The van der Waals surface area contributed by atoms with Gasteiger partial charge in [-0.15, -0.1) is 10.2 Å². The highest BCUT2D eigenvalue weighted by molar-refractivity contribution is 7.89.